The van der Waals surface area contributed by atoms with Gasteiger partial charge in [0.2, 0.25) is 0 Å². The normalized spacial score (nSPS) is 10.0. The van der Waals surface area contributed by atoms with Gasteiger partial charge < -0.3 is 4.74 Å². The van der Waals surface area contributed by atoms with Crippen LogP contribution in [0.3, 0.4) is 0 Å². The van der Waals surface area contributed by atoms with Gasteiger partial charge in [0.25, 0.3) is 0 Å². The van der Waals surface area contributed by atoms with Gasteiger partial charge in [0, 0.05) is 10.7 Å². The van der Waals surface area contributed by atoms with Crippen LogP contribution in [0, 0.1) is 0 Å². The van der Waals surface area contributed by atoms with E-state index in [9.17, 15) is 4.79 Å². The van der Waals surface area contributed by atoms with E-state index in [-0.39, 0.29) is 5.69 Å². The Kier molecular flexibility index (Phi) is 3.91. The standard InChI is InChI=1S/C12H7Br2NO2/c13-8-6-10(14)11(15-7-8)12(16)17-9-4-2-1-3-5-9/h1-7H. The van der Waals surface area contributed by atoms with E-state index in [0.717, 1.165) is 4.47 Å². The zero-order valence-electron chi connectivity index (χ0n) is 8.56. The van der Waals surface area contributed by atoms with E-state index in [0.29, 0.717) is 10.2 Å². The lowest BCUT2D eigenvalue weighted by Crippen LogP contribution is -2.11. The van der Waals surface area contributed by atoms with Crippen molar-refractivity contribution in [2.45, 2.75) is 0 Å². The van der Waals surface area contributed by atoms with Crippen LogP contribution < -0.4 is 4.74 Å². The van der Waals surface area contributed by atoms with Crippen molar-refractivity contribution in [1.29, 1.82) is 0 Å². The van der Waals surface area contributed by atoms with Crippen LogP contribution in [0.25, 0.3) is 0 Å². The summed E-state index contributed by atoms with van der Waals surface area (Å²) in [5, 5.41) is 0. The fourth-order valence-electron chi connectivity index (χ4n) is 1.21. The quantitative estimate of drug-likeness (QED) is 0.606. The number of hydrogen-bond acceptors (Lipinski definition) is 3. The van der Waals surface area contributed by atoms with Crippen molar-refractivity contribution >= 4 is 37.8 Å². The molecule has 1 aromatic heterocycles. The van der Waals surface area contributed by atoms with Crippen molar-refractivity contribution in [2.75, 3.05) is 0 Å². The Morgan fingerprint density at radius 3 is 2.53 bits per heavy atom. The highest BCUT2D eigenvalue weighted by atomic mass is 79.9. The number of carbonyl (C=O) groups is 1. The van der Waals surface area contributed by atoms with E-state index >= 15 is 0 Å². The Morgan fingerprint density at radius 2 is 1.88 bits per heavy atom. The zero-order valence-corrected chi connectivity index (χ0v) is 11.7. The lowest BCUT2D eigenvalue weighted by atomic mass is 10.3. The number of pyridine rings is 1. The van der Waals surface area contributed by atoms with Crippen LogP contribution in [-0.4, -0.2) is 11.0 Å². The third-order valence-corrected chi connectivity index (χ3v) is 2.99. The van der Waals surface area contributed by atoms with E-state index in [2.05, 4.69) is 36.8 Å². The number of halogens is 2. The van der Waals surface area contributed by atoms with Crippen molar-refractivity contribution in [3.63, 3.8) is 0 Å². The topological polar surface area (TPSA) is 39.2 Å². The molecule has 0 bridgehead atoms. The minimum absolute atomic E-state index is 0.247. The summed E-state index contributed by atoms with van der Waals surface area (Å²) < 4.78 is 6.56. The van der Waals surface area contributed by atoms with Gasteiger partial charge in [-0.1, -0.05) is 18.2 Å². The lowest BCUT2D eigenvalue weighted by molar-refractivity contribution is 0.0727. The summed E-state index contributed by atoms with van der Waals surface area (Å²) in [4.78, 5) is 15.8. The second-order valence-corrected chi connectivity index (χ2v) is 4.96. The molecule has 0 amide bonds. The van der Waals surface area contributed by atoms with Crippen LogP contribution in [0.5, 0.6) is 5.75 Å². The van der Waals surface area contributed by atoms with E-state index in [1.165, 1.54) is 0 Å². The van der Waals surface area contributed by atoms with Crippen LogP contribution >= 0.6 is 31.9 Å². The first-order valence-electron chi connectivity index (χ1n) is 4.75. The Hall–Kier alpha value is -1.20. The number of nitrogens with zero attached hydrogens (tertiary/aromatic N) is 1. The predicted octanol–water partition coefficient (Wildman–Crippen LogP) is 3.83. The molecule has 86 valence electrons. The molecule has 0 aliphatic rings. The Bertz CT molecular complexity index is 543. The van der Waals surface area contributed by atoms with Gasteiger partial charge in [-0.3, -0.25) is 0 Å². The maximum Gasteiger partial charge on any atom is 0.363 e. The number of benzene rings is 1. The SMILES string of the molecule is O=C(Oc1ccccc1)c1ncc(Br)cc1Br. The Morgan fingerprint density at radius 1 is 1.18 bits per heavy atom. The summed E-state index contributed by atoms with van der Waals surface area (Å²) >= 11 is 6.54. The summed E-state index contributed by atoms with van der Waals surface area (Å²) in [6.45, 7) is 0. The second kappa shape index (κ2) is 5.42. The van der Waals surface area contributed by atoms with Gasteiger partial charge in [-0.25, -0.2) is 9.78 Å². The molecule has 0 unspecified atom stereocenters. The first kappa shape index (κ1) is 12.3. The molecule has 0 aliphatic carbocycles. The Balaban J connectivity index is 2.21. The van der Waals surface area contributed by atoms with Crippen LogP contribution in [-0.2, 0) is 0 Å². The minimum atomic E-state index is -0.490. The molecule has 0 radical (unpaired) electrons. The van der Waals surface area contributed by atoms with Gasteiger partial charge in [-0.05, 0) is 50.1 Å². The van der Waals surface area contributed by atoms with Crippen LogP contribution in [0.1, 0.15) is 10.5 Å². The van der Waals surface area contributed by atoms with Gasteiger partial charge in [-0.15, -0.1) is 0 Å². The molecule has 2 aromatic rings. The van der Waals surface area contributed by atoms with Crippen molar-refractivity contribution in [3.8, 4) is 5.75 Å². The van der Waals surface area contributed by atoms with Gasteiger partial charge in [0.05, 0.1) is 4.47 Å². The maximum absolute atomic E-state index is 11.8. The molecular weight excluding hydrogens is 350 g/mol. The molecule has 0 spiro atoms. The fraction of sp³-hybridized carbons (Fsp3) is 0. The van der Waals surface area contributed by atoms with Crippen molar-refractivity contribution in [2.24, 2.45) is 0 Å². The minimum Gasteiger partial charge on any atom is -0.422 e. The summed E-state index contributed by atoms with van der Waals surface area (Å²) in [5.41, 5.74) is 0.247. The van der Waals surface area contributed by atoms with Crippen LogP contribution in [0.15, 0.2) is 51.5 Å². The van der Waals surface area contributed by atoms with Crippen molar-refractivity contribution < 1.29 is 9.53 Å². The number of ether oxygens (including phenoxy) is 1. The van der Waals surface area contributed by atoms with E-state index in [1.807, 2.05) is 6.07 Å². The highest BCUT2D eigenvalue weighted by Gasteiger charge is 2.14. The van der Waals surface area contributed by atoms with Crippen LogP contribution in [0.2, 0.25) is 0 Å². The van der Waals surface area contributed by atoms with Gasteiger partial charge >= 0.3 is 5.97 Å². The first-order chi connectivity index (χ1) is 8.16. The molecule has 5 heteroatoms. The van der Waals surface area contributed by atoms with Gasteiger partial charge in [0.15, 0.2) is 5.69 Å². The van der Waals surface area contributed by atoms with E-state index in [4.69, 9.17) is 4.74 Å². The number of aromatic nitrogens is 1. The molecule has 1 aromatic carbocycles. The number of carbonyl (C=O) groups excluding carboxylic acids is 1. The largest absolute Gasteiger partial charge is 0.422 e. The monoisotopic (exact) mass is 355 g/mol. The molecule has 0 fully saturated rings. The summed E-state index contributed by atoms with van der Waals surface area (Å²) in [5.74, 6) is 0.00435. The summed E-state index contributed by atoms with van der Waals surface area (Å²) in [6, 6.07) is 10.6. The molecule has 0 saturated heterocycles. The van der Waals surface area contributed by atoms with E-state index < -0.39 is 5.97 Å². The van der Waals surface area contributed by atoms with Gasteiger partial charge in [-0.2, -0.15) is 0 Å². The zero-order chi connectivity index (χ0) is 12.3. The highest BCUT2D eigenvalue weighted by Crippen LogP contribution is 2.21. The number of para-hydroxylation sites is 1. The number of hydrogen-bond donors (Lipinski definition) is 0. The first-order valence-corrected chi connectivity index (χ1v) is 6.33. The third kappa shape index (κ3) is 3.14. The average Bonchev–Trinajstić information content (AvgIpc) is 2.30. The fourth-order valence-corrected chi connectivity index (χ4v) is 2.36. The molecule has 3 nitrogen and oxygen atoms in total. The van der Waals surface area contributed by atoms with Gasteiger partial charge in [0.1, 0.15) is 5.75 Å². The predicted molar refractivity (Wildman–Crippen MR) is 71.0 cm³/mol. The second-order valence-electron chi connectivity index (χ2n) is 3.19. The molecule has 2 rings (SSSR count). The van der Waals surface area contributed by atoms with E-state index in [1.54, 1.807) is 36.5 Å². The van der Waals surface area contributed by atoms with Crippen molar-refractivity contribution in [3.05, 3.63) is 57.2 Å². The molecule has 0 N–H and O–H groups in total. The van der Waals surface area contributed by atoms with Crippen LogP contribution in [0.4, 0.5) is 0 Å². The molecule has 0 saturated carbocycles. The number of esters is 1. The molecule has 0 atom stereocenters. The molecule has 1 heterocycles. The Labute approximate surface area is 115 Å². The smallest absolute Gasteiger partial charge is 0.363 e. The average molecular weight is 357 g/mol. The number of rotatable bonds is 2. The molecular formula is C12H7Br2NO2. The summed E-state index contributed by atoms with van der Waals surface area (Å²) in [7, 11) is 0. The third-order valence-electron chi connectivity index (χ3n) is 1.95. The lowest BCUT2D eigenvalue weighted by Gasteiger charge is -2.05. The maximum atomic E-state index is 11.8. The molecule has 0 aliphatic heterocycles. The summed E-state index contributed by atoms with van der Waals surface area (Å²) in [6.07, 6.45) is 1.55. The highest BCUT2D eigenvalue weighted by molar-refractivity contribution is 9.11. The molecule has 17 heavy (non-hydrogen) atoms. The van der Waals surface area contributed by atoms with Crippen molar-refractivity contribution in [1.82, 2.24) is 4.98 Å².